The van der Waals surface area contributed by atoms with E-state index in [9.17, 15) is 14.7 Å². The lowest BCUT2D eigenvalue weighted by atomic mass is 10.1. The summed E-state index contributed by atoms with van der Waals surface area (Å²) < 4.78 is 0. The second kappa shape index (κ2) is 10.4. The maximum Gasteiger partial charge on any atom is 0.326 e. The number of aliphatic carboxylic acids is 1. The zero-order chi connectivity index (χ0) is 23.1. The van der Waals surface area contributed by atoms with Crippen LogP contribution in [0.3, 0.4) is 0 Å². The molecule has 1 aliphatic heterocycles. The molecule has 32 heavy (non-hydrogen) atoms. The van der Waals surface area contributed by atoms with Gasteiger partial charge in [0, 0.05) is 29.0 Å². The van der Waals surface area contributed by atoms with Gasteiger partial charge >= 0.3 is 5.97 Å². The first-order valence-corrected chi connectivity index (χ1v) is 10.8. The molecule has 0 radical (unpaired) electrons. The number of hydrazone groups is 1. The lowest BCUT2D eigenvalue weighted by Crippen LogP contribution is -2.43. The van der Waals surface area contributed by atoms with Crippen molar-refractivity contribution in [3.63, 3.8) is 0 Å². The van der Waals surface area contributed by atoms with Crippen LogP contribution in [0.4, 0.5) is 10.8 Å². The van der Waals surface area contributed by atoms with Crippen molar-refractivity contribution in [3.05, 3.63) is 77.6 Å². The van der Waals surface area contributed by atoms with E-state index in [1.807, 2.05) is 36.6 Å². The highest BCUT2D eigenvalue weighted by Gasteiger charge is 2.27. The number of allylic oxidation sites excluding steroid dienone is 2. The molecule has 0 saturated heterocycles. The molecule has 1 atom stereocenters. The Hall–Kier alpha value is -3.92. The van der Waals surface area contributed by atoms with Crippen molar-refractivity contribution >= 4 is 39.9 Å². The van der Waals surface area contributed by atoms with Crippen LogP contribution in [0.1, 0.15) is 25.3 Å². The number of benzene rings is 1. The molecule has 2 heterocycles. The molecule has 1 aliphatic rings. The Balaban J connectivity index is 1.75. The van der Waals surface area contributed by atoms with Gasteiger partial charge in [0.05, 0.1) is 11.3 Å². The number of nitrogens with two attached hydrogens (primary N) is 1. The molecule has 0 spiro atoms. The molecule has 1 aromatic carbocycles. The van der Waals surface area contributed by atoms with Crippen LogP contribution in [0.2, 0.25) is 0 Å². The highest BCUT2D eigenvalue weighted by molar-refractivity contribution is 7.13. The van der Waals surface area contributed by atoms with Crippen LogP contribution in [0.15, 0.2) is 77.1 Å². The number of hydrogen-bond acceptors (Lipinski definition) is 7. The summed E-state index contributed by atoms with van der Waals surface area (Å²) in [4.78, 5) is 29.9. The normalized spacial score (nSPS) is 14.7. The van der Waals surface area contributed by atoms with E-state index in [0.29, 0.717) is 29.9 Å². The molecule has 0 unspecified atom stereocenters. The predicted molar refractivity (Wildman–Crippen MR) is 125 cm³/mol. The average Bonchev–Trinajstić information content (AvgIpc) is 3.29. The summed E-state index contributed by atoms with van der Waals surface area (Å²) in [5.74, 6) is 4.46. The fourth-order valence-electron chi connectivity index (χ4n) is 3.12. The summed E-state index contributed by atoms with van der Waals surface area (Å²) in [6.45, 7) is 5.85. The standard InChI is InChI=1S/C22H24N6O3S/c1-3-5-18(21(30)31)26-20(29)17-6-4-12-28(14(17)2)19(27-23)15-7-9-16(10-8-15)25-22-24-11-13-32-22/h4,6-13,18H,2-3,5,23H2,1H3,(H,24,25)(H,26,29)(H,30,31)/b27-19-/t18-/m0/s1. The number of rotatable bonds is 8. The highest BCUT2D eigenvalue weighted by Crippen LogP contribution is 2.24. The maximum atomic E-state index is 12.7. The van der Waals surface area contributed by atoms with Crippen molar-refractivity contribution in [1.29, 1.82) is 0 Å². The number of nitrogens with zero attached hydrogens (tertiary/aromatic N) is 3. The van der Waals surface area contributed by atoms with Gasteiger partial charge in [-0.05, 0) is 42.8 Å². The summed E-state index contributed by atoms with van der Waals surface area (Å²) in [5.41, 5.74) is 2.13. The van der Waals surface area contributed by atoms with Gasteiger partial charge in [0.25, 0.3) is 5.91 Å². The Kier molecular flexibility index (Phi) is 7.40. The molecule has 0 saturated carbocycles. The average molecular weight is 453 g/mol. The minimum absolute atomic E-state index is 0.234. The van der Waals surface area contributed by atoms with E-state index in [1.54, 1.807) is 29.4 Å². The van der Waals surface area contributed by atoms with Crippen LogP contribution in [0.5, 0.6) is 0 Å². The summed E-state index contributed by atoms with van der Waals surface area (Å²) in [6.07, 6.45) is 7.60. The van der Waals surface area contributed by atoms with E-state index in [1.165, 1.54) is 11.3 Å². The second-order valence-electron chi connectivity index (χ2n) is 6.88. The number of aromatic nitrogens is 1. The van der Waals surface area contributed by atoms with E-state index < -0.39 is 17.9 Å². The minimum atomic E-state index is -1.08. The molecule has 5 N–H and O–H groups in total. The molecule has 0 fully saturated rings. The van der Waals surface area contributed by atoms with E-state index in [4.69, 9.17) is 5.84 Å². The van der Waals surface area contributed by atoms with Crippen LogP contribution < -0.4 is 16.5 Å². The molecule has 1 amide bonds. The second-order valence-corrected chi connectivity index (χ2v) is 7.78. The van der Waals surface area contributed by atoms with Gasteiger partial charge in [0.2, 0.25) is 0 Å². The molecule has 10 heteroatoms. The Morgan fingerprint density at radius 1 is 1.34 bits per heavy atom. The van der Waals surface area contributed by atoms with Crippen molar-refractivity contribution in [1.82, 2.24) is 15.2 Å². The van der Waals surface area contributed by atoms with Crippen molar-refractivity contribution in [3.8, 4) is 0 Å². The van der Waals surface area contributed by atoms with Gasteiger partial charge in [0.15, 0.2) is 11.0 Å². The van der Waals surface area contributed by atoms with Crippen LogP contribution in [-0.4, -0.2) is 38.7 Å². The molecule has 0 bridgehead atoms. The number of hydrogen-bond donors (Lipinski definition) is 4. The van der Waals surface area contributed by atoms with Crippen LogP contribution in [0, 0.1) is 0 Å². The number of amides is 1. The van der Waals surface area contributed by atoms with Crippen molar-refractivity contribution in [2.75, 3.05) is 5.32 Å². The van der Waals surface area contributed by atoms with Crippen molar-refractivity contribution in [2.24, 2.45) is 10.9 Å². The number of carbonyl (C=O) groups excluding carboxylic acids is 1. The van der Waals surface area contributed by atoms with Crippen molar-refractivity contribution in [2.45, 2.75) is 25.8 Å². The number of carbonyl (C=O) groups is 2. The summed E-state index contributed by atoms with van der Waals surface area (Å²) in [7, 11) is 0. The van der Waals surface area contributed by atoms with Gasteiger partial charge in [-0.15, -0.1) is 11.3 Å². The van der Waals surface area contributed by atoms with E-state index in [0.717, 1.165) is 10.8 Å². The predicted octanol–water partition coefficient (Wildman–Crippen LogP) is 3.15. The first kappa shape index (κ1) is 22.8. The van der Waals surface area contributed by atoms with Gasteiger partial charge in [-0.3, -0.25) is 9.69 Å². The Morgan fingerprint density at radius 3 is 2.69 bits per heavy atom. The van der Waals surface area contributed by atoms with E-state index in [2.05, 4.69) is 27.3 Å². The van der Waals surface area contributed by atoms with Gasteiger partial charge in [-0.1, -0.05) is 19.9 Å². The van der Waals surface area contributed by atoms with Crippen LogP contribution >= 0.6 is 11.3 Å². The Bertz CT molecular complexity index is 1070. The third kappa shape index (κ3) is 5.22. The third-order valence-electron chi connectivity index (χ3n) is 4.70. The summed E-state index contributed by atoms with van der Waals surface area (Å²) in [5, 5.41) is 21.6. The topological polar surface area (TPSA) is 133 Å². The zero-order valence-corrected chi connectivity index (χ0v) is 18.3. The summed E-state index contributed by atoms with van der Waals surface area (Å²) >= 11 is 1.49. The SMILES string of the molecule is C=C1C(C(=O)N[C@@H](CCC)C(=O)O)=CC=CN1/C(=N\N)c1ccc(Nc2nccs2)cc1. The molecule has 2 aromatic rings. The Labute approximate surface area is 189 Å². The van der Waals surface area contributed by atoms with Gasteiger partial charge in [-0.2, -0.15) is 5.10 Å². The summed E-state index contributed by atoms with van der Waals surface area (Å²) in [6, 6.07) is 6.43. The minimum Gasteiger partial charge on any atom is -0.480 e. The highest BCUT2D eigenvalue weighted by atomic mass is 32.1. The quantitative estimate of drug-likeness (QED) is 0.209. The molecule has 1 aromatic heterocycles. The molecule has 166 valence electrons. The van der Waals surface area contributed by atoms with E-state index in [-0.39, 0.29) is 5.57 Å². The monoisotopic (exact) mass is 452 g/mol. The Morgan fingerprint density at radius 2 is 2.09 bits per heavy atom. The van der Waals surface area contributed by atoms with Crippen LogP contribution in [-0.2, 0) is 9.59 Å². The fourth-order valence-corrected chi connectivity index (χ4v) is 3.66. The fraction of sp³-hybridized carbons (Fsp3) is 0.182. The first-order chi connectivity index (χ1) is 15.4. The number of carboxylic acids is 1. The van der Waals surface area contributed by atoms with Crippen molar-refractivity contribution < 1.29 is 14.7 Å². The van der Waals surface area contributed by atoms with Gasteiger partial charge < -0.3 is 21.6 Å². The number of nitrogens with one attached hydrogen (secondary N) is 2. The number of thiazole rings is 1. The molecule has 0 aliphatic carbocycles. The van der Waals surface area contributed by atoms with Crippen LogP contribution in [0.25, 0.3) is 0 Å². The lowest BCUT2D eigenvalue weighted by Gasteiger charge is -2.28. The number of carboxylic acid groups (broad SMARTS) is 1. The molecule has 3 rings (SSSR count). The number of anilines is 2. The number of amidine groups is 1. The molecular formula is C22H24N6O3S. The first-order valence-electron chi connectivity index (χ1n) is 9.90. The lowest BCUT2D eigenvalue weighted by molar-refractivity contribution is -0.141. The zero-order valence-electron chi connectivity index (χ0n) is 17.5. The maximum absolute atomic E-state index is 12.7. The van der Waals surface area contributed by atoms with Gasteiger partial charge in [0.1, 0.15) is 6.04 Å². The molecule has 9 nitrogen and oxygen atoms in total. The largest absolute Gasteiger partial charge is 0.480 e. The smallest absolute Gasteiger partial charge is 0.326 e. The van der Waals surface area contributed by atoms with E-state index >= 15 is 0 Å². The van der Waals surface area contributed by atoms with Gasteiger partial charge in [-0.25, -0.2) is 9.78 Å². The third-order valence-corrected chi connectivity index (χ3v) is 5.39. The molecular weight excluding hydrogens is 428 g/mol.